The lowest BCUT2D eigenvalue weighted by Crippen LogP contribution is -2.36. The lowest BCUT2D eigenvalue weighted by molar-refractivity contribution is -0.154. The summed E-state index contributed by atoms with van der Waals surface area (Å²) in [6.45, 7) is 3.04. The third kappa shape index (κ3) is 1.07. The van der Waals surface area contributed by atoms with Crippen LogP contribution in [-0.4, -0.2) is 23.1 Å². The van der Waals surface area contributed by atoms with E-state index in [2.05, 4.69) is 4.84 Å². The Morgan fingerprint density at radius 1 is 1.73 bits per heavy atom. The summed E-state index contributed by atoms with van der Waals surface area (Å²) in [5, 5.41) is 8.55. The molecule has 5 heteroatoms. The maximum Gasteiger partial charge on any atom is 0.336 e. The topological polar surface area (TPSA) is 75.6 Å². The lowest BCUT2D eigenvalue weighted by Gasteiger charge is -2.15. The van der Waals surface area contributed by atoms with Gasteiger partial charge in [0.25, 0.3) is 5.91 Å². The van der Waals surface area contributed by atoms with Crippen LogP contribution in [0.2, 0.25) is 0 Å². The summed E-state index contributed by atoms with van der Waals surface area (Å²) in [5.41, 5.74) is 1.04. The Balaban J connectivity index is 2.87. The molecule has 0 bridgehead atoms. The molecule has 1 fully saturated rings. The first kappa shape index (κ1) is 8.00. The quantitative estimate of drug-likeness (QED) is 0.542. The van der Waals surface area contributed by atoms with Gasteiger partial charge in [-0.1, -0.05) is 0 Å². The molecule has 1 saturated heterocycles. The SMILES string of the molecule is CC1(C)C(=O)NOC1C(=O)O. The van der Waals surface area contributed by atoms with Gasteiger partial charge >= 0.3 is 5.97 Å². The van der Waals surface area contributed by atoms with E-state index in [1.165, 1.54) is 13.8 Å². The normalized spacial score (nSPS) is 28.2. The Hall–Kier alpha value is -1.10. The Morgan fingerprint density at radius 3 is 2.45 bits per heavy atom. The Bertz CT molecular complexity index is 211. The summed E-state index contributed by atoms with van der Waals surface area (Å²) < 4.78 is 0. The van der Waals surface area contributed by atoms with Gasteiger partial charge in [-0.05, 0) is 13.8 Å². The van der Waals surface area contributed by atoms with Crippen molar-refractivity contribution in [3.05, 3.63) is 0 Å². The third-order valence-electron chi connectivity index (χ3n) is 1.73. The number of hydrogen-bond acceptors (Lipinski definition) is 3. The minimum Gasteiger partial charge on any atom is -0.479 e. The van der Waals surface area contributed by atoms with E-state index < -0.39 is 23.4 Å². The monoisotopic (exact) mass is 159 g/mol. The average molecular weight is 159 g/mol. The van der Waals surface area contributed by atoms with Gasteiger partial charge in [0.2, 0.25) is 0 Å². The maximum atomic E-state index is 10.9. The van der Waals surface area contributed by atoms with Crippen LogP contribution in [0.15, 0.2) is 0 Å². The van der Waals surface area contributed by atoms with Crippen molar-refractivity contribution in [3.63, 3.8) is 0 Å². The van der Waals surface area contributed by atoms with Crippen molar-refractivity contribution < 1.29 is 19.5 Å². The molecule has 1 aliphatic rings. The van der Waals surface area contributed by atoms with Crippen LogP contribution in [0.3, 0.4) is 0 Å². The molecule has 1 unspecified atom stereocenters. The van der Waals surface area contributed by atoms with Gasteiger partial charge in [-0.2, -0.15) is 0 Å². The van der Waals surface area contributed by atoms with Crippen LogP contribution in [-0.2, 0) is 14.4 Å². The van der Waals surface area contributed by atoms with Crippen LogP contribution in [0.4, 0.5) is 0 Å². The smallest absolute Gasteiger partial charge is 0.336 e. The van der Waals surface area contributed by atoms with Gasteiger partial charge in [-0.25, -0.2) is 10.3 Å². The molecule has 0 aromatic rings. The van der Waals surface area contributed by atoms with E-state index >= 15 is 0 Å². The molecule has 1 atom stereocenters. The van der Waals surface area contributed by atoms with Gasteiger partial charge in [0.05, 0.1) is 5.41 Å². The van der Waals surface area contributed by atoms with Crippen molar-refractivity contribution >= 4 is 11.9 Å². The maximum absolute atomic E-state index is 10.9. The summed E-state index contributed by atoms with van der Waals surface area (Å²) in [5.74, 6) is -1.53. The lowest BCUT2D eigenvalue weighted by atomic mass is 9.87. The van der Waals surface area contributed by atoms with E-state index in [0.29, 0.717) is 0 Å². The van der Waals surface area contributed by atoms with Gasteiger partial charge in [0, 0.05) is 0 Å². The molecule has 0 aliphatic carbocycles. The summed E-state index contributed by atoms with van der Waals surface area (Å²) in [4.78, 5) is 25.9. The van der Waals surface area contributed by atoms with Crippen molar-refractivity contribution in [2.75, 3.05) is 0 Å². The fraction of sp³-hybridized carbons (Fsp3) is 0.667. The van der Waals surface area contributed by atoms with Crippen molar-refractivity contribution in [1.29, 1.82) is 0 Å². The number of carbonyl (C=O) groups is 2. The molecule has 1 heterocycles. The number of amides is 1. The fourth-order valence-electron chi connectivity index (χ4n) is 0.869. The van der Waals surface area contributed by atoms with Gasteiger partial charge < -0.3 is 5.11 Å². The van der Waals surface area contributed by atoms with Crippen molar-refractivity contribution in [3.8, 4) is 0 Å². The van der Waals surface area contributed by atoms with E-state index in [1.54, 1.807) is 0 Å². The predicted molar refractivity (Wildman–Crippen MR) is 34.4 cm³/mol. The molecule has 5 nitrogen and oxygen atoms in total. The van der Waals surface area contributed by atoms with Crippen LogP contribution in [0.1, 0.15) is 13.8 Å². The van der Waals surface area contributed by atoms with E-state index in [-0.39, 0.29) is 0 Å². The third-order valence-corrected chi connectivity index (χ3v) is 1.73. The molecule has 0 saturated carbocycles. The molecule has 0 aromatic heterocycles. The van der Waals surface area contributed by atoms with Gasteiger partial charge in [0.1, 0.15) is 0 Å². The van der Waals surface area contributed by atoms with E-state index in [0.717, 1.165) is 0 Å². The number of aliphatic carboxylic acids is 1. The molecule has 11 heavy (non-hydrogen) atoms. The van der Waals surface area contributed by atoms with Gasteiger partial charge in [-0.3, -0.25) is 9.63 Å². The zero-order chi connectivity index (χ0) is 8.65. The van der Waals surface area contributed by atoms with E-state index in [9.17, 15) is 9.59 Å². The number of carboxylic acid groups (broad SMARTS) is 1. The molecule has 1 amide bonds. The Kier molecular flexibility index (Phi) is 1.60. The summed E-state index contributed by atoms with van der Waals surface area (Å²) in [6.07, 6.45) is -1.09. The minimum absolute atomic E-state index is 0.398. The van der Waals surface area contributed by atoms with Crippen LogP contribution < -0.4 is 5.48 Å². The zero-order valence-corrected chi connectivity index (χ0v) is 6.25. The van der Waals surface area contributed by atoms with Crippen LogP contribution >= 0.6 is 0 Å². The number of hydroxylamine groups is 1. The van der Waals surface area contributed by atoms with Crippen LogP contribution in [0.5, 0.6) is 0 Å². The van der Waals surface area contributed by atoms with Gasteiger partial charge in [-0.15, -0.1) is 0 Å². The molecular formula is C6H9NO4. The second-order valence-corrected chi connectivity index (χ2v) is 2.99. The second kappa shape index (κ2) is 2.20. The Labute approximate surface area is 63.3 Å². The first-order chi connectivity index (χ1) is 4.96. The number of rotatable bonds is 1. The number of carboxylic acids is 1. The number of carbonyl (C=O) groups excluding carboxylic acids is 1. The van der Waals surface area contributed by atoms with Crippen LogP contribution in [0.25, 0.3) is 0 Å². The standard InChI is InChI=1S/C6H9NO4/c1-6(2)3(4(8)9)11-7-5(6)10/h3H,1-2H3,(H,7,10)(H,8,9). The first-order valence-corrected chi connectivity index (χ1v) is 3.15. The van der Waals surface area contributed by atoms with Crippen molar-refractivity contribution in [1.82, 2.24) is 5.48 Å². The highest BCUT2D eigenvalue weighted by Crippen LogP contribution is 2.27. The fourth-order valence-corrected chi connectivity index (χ4v) is 0.869. The molecule has 1 rings (SSSR count). The highest BCUT2D eigenvalue weighted by molar-refractivity contribution is 5.90. The number of hydrogen-bond donors (Lipinski definition) is 2. The van der Waals surface area contributed by atoms with E-state index in [4.69, 9.17) is 5.11 Å². The first-order valence-electron chi connectivity index (χ1n) is 3.15. The highest BCUT2D eigenvalue weighted by atomic mass is 16.7. The number of nitrogens with one attached hydrogen (secondary N) is 1. The largest absolute Gasteiger partial charge is 0.479 e. The molecule has 62 valence electrons. The van der Waals surface area contributed by atoms with Crippen LogP contribution in [0, 0.1) is 5.41 Å². The van der Waals surface area contributed by atoms with Gasteiger partial charge in [0.15, 0.2) is 6.10 Å². The minimum atomic E-state index is -1.13. The summed E-state index contributed by atoms with van der Waals surface area (Å²) >= 11 is 0. The molecule has 0 radical (unpaired) electrons. The van der Waals surface area contributed by atoms with Crippen molar-refractivity contribution in [2.45, 2.75) is 20.0 Å². The van der Waals surface area contributed by atoms with Crippen molar-refractivity contribution in [2.24, 2.45) is 5.41 Å². The molecule has 1 aliphatic heterocycles. The van der Waals surface area contributed by atoms with E-state index in [1.807, 2.05) is 5.48 Å². The molecule has 2 N–H and O–H groups in total. The second-order valence-electron chi connectivity index (χ2n) is 2.99. The predicted octanol–water partition coefficient (Wildman–Crippen LogP) is -0.473. The summed E-state index contributed by atoms with van der Waals surface area (Å²) in [7, 11) is 0. The Morgan fingerprint density at radius 2 is 2.27 bits per heavy atom. The molecule has 0 spiro atoms. The highest BCUT2D eigenvalue weighted by Gasteiger charge is 2.48. The average Bonchev–Trinajstić information content (AvgIpc) is 2.08. The zero-order valence-electron chi connectivity index (χ0n) is 6.25. The summed E-state index contributed by atoms with van der Waals surface area (Å²) in [6, 6.07) is 0. The molecular weight excluding hydrogens is 150 g/mol. The molecule has 0 aromatic carbocycles.